The van der Waals surface area contributed by atoms with Crippen LogP contribution < -0.4 is 4.74 Å². The largest absolute Gasteiger partial charge is 0.497 e. The number of hydrogen-bond acceptors (Lipinski definition) is 2. The van der Waals surface area contributed by atoms with Crippen molar-refractivity contribution in [1.29, 1.82) is 0 Å². The number of hydrogen-bond donors (Lipinski definition) is 0. The lowest BCUT2D eigenvalue weighted by Crippen LogP contribution is -2.06. The van der Waals surface area contributed by atoms with E-state index in [1.807, 2.05) is 0 Å². The molecule has 0 aromatic heterocycles. The zero-order valence-electron chi connectivity index (χ0n) is 10.6. The number of carbonyl (C=O) groups excluding carboxylic acids is 1. The molecular weight excluding hydrogens is 330 g/mol. The number of benzene rings is 2. The Kier molecular flexibility index (Phi) is 4.49. The molecule has 0 unspecified atom stereocenters. The average Bonchev–Trinajstić information content (AvgIpc) is 2.42. The van der Waals surface area contributed by atoms with Crippen molar-refractivity contribution in [2.45, 2.75) is 6.42 Å². The van der Waals surface area contributed by atoms with E-state index in [-0.39, 0.29) is 22.2 Å². The van der Waals surface area contributed by atoms with Crippen LogP contribution in [0, 0.1) is 11.6 Å². The summed E-state index contributed by atoms with van der Waals surface area (Å²) >= 11 is 3.05. The first-order valence-corrected chi connectivity index (χ1v) is 6.61. The normalized spacial score (nSPS) is 10.4. The van der Waals surface area contributed by atoms with Crippen LogP contribution in [0.25, 0.3) is 0 Å². The number of ether oxygens (including phenoxy) is 1. The Morgan fingerprint density at radius 2 is 1.90 bits per heavy atom. The summed E-state index contributed by atoms with van der Waals surface area (Å²) in [5.74, 6) is -1.06. The fourth-order valence-electron chi connectivity index (χ4n) is 1.78. The van der Waals surface area contributed by atoms with Gasteiger partial charge in [-0.1, -0.05) is 6.07 Å². The summed E-state index contributed by atoms with van der Waals surface area (Å²) < 4.78 is 32.0. The first-order chi connectivity index (χ1) is 9.51. The first-order valence-electron chi connectivity index (χ1n) is 5.82. The van der Waals surface area contributed by atoms with Gasteiger partial charge < -0.3 is 4.74 Å². The van der Waals surface area contributed by atoms with Gasteiger partial charge in [0.2, 0.25) is 0 Å². The Morgan fingerprint density at radius 3 is 2.50 bits per heavy atom. The third-order valence-electron chi connectivity index (χ3n) is 2.83. The highest BCUT2D eigenvalue weighted by molar-refractivity contribution is 9.10. The van der Waals surface area contributed by atoms with Gasteiger partial charge in [-0.2, -0.15) is 0 Å². The van der Waals surface area contributed by atoms with Crippen molar-refractivity contribution in [3.63, 3.8) is 0 Å². The summed E-state index contributed by atoms with van der Waals surface area (Å²) in [6.45, 7) is 0. The van der Waals surface area contributed by atoms with Gasteiger partial charge in [0.1, 0.15) is 17.4 Å². The quantitative estimate of drug-likeness (QED) is 0.781. The van der Waals surface area contributed by atoms with Crippen molar-refractivity contribution < 1.29 is 18.3 Å². The fourth-order valence-corrected chi connectivity index (χ4v) is 2.21. The predicted octanol–water partition coefficient (Wildman–Crippen LogP) is 4.16. The van der Waals surface area contributed by atoms with Crippen LogP contribution >= 0.6 is 15.9 Å². The van der Waals surface area contributed by atoms with Crippen molar-refractivity contribution in [2.24, 2.45) is 0 Å². The van der Waals surface area contributed by atoms with Crippen LogP contribution in [0.15, 0.2) is 40.9 Å². The summed E-state index contributed by atoms with van der Waals surface area (Å²) in [5, 5.41) is 0. The second-order valence-corrected chi connectivity index (χ2v) is 5.05. The minimum atomic E-state index is -0.629. The van der Waals surface area contributed by atoms with Gasteiger partial charge in [0.25, 0.3) is 0 Å². The van der Waals surface area contributed by atoms with Crippen molar-refractivity contribution in [3.05, 3.63) is 63.6 Å². The Morgan fingerprint density at radius 1 is 1.15 bits per heavy atom. The van der Waals surface area contributed by atoms with E-state index in [9.17, 15) is 13.6 Å². The predicted molar refractivity (Wildman–Crippen MR) is 75.1 cm³/mol. The van der Waals surface area contributed by atoms with E-state index in [4.69, 9.17) is 4.74 Å². The lowest BCUT2D eigenvalue weighted by atomic mass is 10.0. The highest BCUT2D eigenvalue weighted by Gasteiger charge is 2.14. The molecule has 20 heavy (non-hydrogen) atoms. The van der Waals surface area contributed by atoms with Gasteiger partial charge in [-0.3, -0.25) is 4.79 Å². The van der Waals surface area contributed by atoms with Gasteiger partial charge in [-0.25, -0.2) is 8.78 Å². The first kappa shape index (κ1) is 14.7. The van der Waals surface area contributed by atoms with Gasteiger partial charge in [-0.05, 0) is 45.8 Å². The number of methoxy groups -OCH3 is 1. The molecular formula is C15H11BrF2O2. The molecule has 0 aliphatic rings. The minimum Gasteiger partial charge on any atom is -0.497 e. The highest BCUT2D eigenvalue weighted by Crippen LogP contribution is 2.20. The van der Waals surface area contributed by atoms with Gasteiger partial charge in [-0.15, -0.1) is 0 Å². The van der Waals surface area contributed by atoms with E-state index in [1.165, 1.54) is 37.4 Å². The molecule has 5 heteroatoms. The third-order valence-corrected chi connectivity index (χ3v) is 3.43. The minimum absolute atomic E-state index is 0.00211. The maximum atomic E-state index is 13.8. The van der Waals surface area contributed by atoms with Crippen LogP contribution in [0.4, 0.5) is 8.78 Å². The van der Waals surface area contributed by atoms with E-state index < -0.39 is 11.6 Å². The maximum absolute atomic E-state index is 13.8. The molecule has 2 rings (SSSR count). The summed E-state index contributed by atoms with van der Waals surface area (Å²) in [7, 11) is 1.42. The van der Waals surface area contributed by atoms with Crippen LogP contribution in [-0.2, 0) is 6.42 Å². The number of ketones is 1. The summed E-state index contributed by atoms with van der Waals surface area (Å²) in [4.78, 5) is 12.0. The number of halogens is 3. The molecule has 0 bridgehead atoms. The molecule has 0 aliphatic carbocycles. The van der Waals surface area contributed by atoms with Crippen molar-refractivity contribution >= 4 is 21.7 Å². The maximum Gasteiger partial charge on any atom is 0.170 e. The molecule has 0 fully saturated rings. The second-order valence-electron chi connectivity index (χ2n) is 4.19. The van der Waals surface area contributed by atoms with Crippen LogP contribution in [0.2, 0.25) is 0 Å². The fraction of sp³-hybridized carbons (Fsp3) is 0.133. The molecule has 2 aromatic rings. The number of Topliss-reactive ketones (excluding diaryl/α,β-unsaturated/α-hetero) is 1. The Bertz CT molecular complexity index is 656. The standard InChI is InChI=1S/C15H11BrF2O2/c1-20-10-3-4-11(14(18)8-10)15(19)7-9-2-5-13(17)12(16)6-9/h2-6,8H,7H2,1H3. The van der Waals surface area contributed by atoms with Crippen molar-refractivity contribution in [2.75, 3.05) is 7.11 Å². The van der Waals surface area contributed by atoms with Gasteiger partial charge >= 0.3 is 0 Å². The van der Waals surface area contributed by atoms with Crippen molar-refractivity contribution in [1.82, 2.24) is 0 Å². The summed E-state index contributed by atoms with van der Waals surface area (Å²) in [6, 6.07) is 8.34. The van der Waals surface area contributed by atoms with E-state index >= 15 is 0 Å². The van der Waals surface area contributed by atoms with E-state index in [0.717, 1.165) is 6.07 Å². The smallest absolute Gasteiger partial charge is 0.170 e. The molecule has 0 spiro atoms. The zero-order chi connectivity index (χ0) is 14.7. The lowest BCUT2D eigenvalue weighted by Gasteiger charge is -2.06. The van der Waals surface area contributed by atoms with Crippen LogP contribution in [0.5, 0.6) is 5.75 Å². The van der Waals surface area contributed by atoms with Gasteiger partial charge in [0.05, 0.1) is 17.1 Å². The topological polar surface area (TPSA) is 26.3 Å². The molecule has 104 valence electrons. The molecule has 0 saturated heterocycles. The van der Waals surface area contributed by atoms with Gasteiger partial charge in [0, 0.05) is 12.5 Å². The zero-order valence-corrected chi connectivity index (χ0v) is 12.2. The third kappa shape index (κ3) is 3.22. The van der Waals surface area contributed by atoms with Crippen LogP contribution in [0.1, 0.15) is 15.9 Å². The SMILES string of the molecule is COc1ccc(C(=O)Cc2ccc(F)c(Br)c2)c(F)c1. The summed E-state index contributed by atoms with van der Waals surface area (Å²) in [5.41, 5.74) is 0.602. The lowest BCUT2D eigenvalue weighted by molar-refractivity contribution is 0.0989. The molecule has 2 nitrogen and oxygen atoms in total. The number of rotatable bonds is 4. The Balaban J connectivity index is 2.21. The van der Waals surface area contributed by atoms with E-state index in [1.54, 1.807) is 0 Å². The van der Waals surface area contributed by atoms with Crippen LogP contribution in [0.3, 0.4) is 0 Å². The Hall–Kier alpha value is -1.75. The summed E-state index contributed by atoms with van der Waals surface area (Å²) in [6.07, 6.45) is 0.00211. The number of carbonyl (C=O) groups is 1. The van der Waals surface area contributed by atoms with Crippen LogP contribution in [-0.4, -0.2) is 12.9 Å². The molecule has 0 radical (unpaired) electrons. The molecule has 0 heterocycles. The van der Waals surface area contributed by atoms with Crippen molar-refractivity contribution in [3.8, 4) is 5.75 Å². The molecule has 0 aliphatic heterocycles. The monoisotopic (exact) mass is 340 g/mol. The van der Waals surface area contributed by atoms with Gasteiger partial charge in [0.15, 0.2) is 5.78 Å². The molecule has 0 N–H and O–H groups in total. The molecule has 0 amide bonds. The van der Waals surface area contributed by atoms with E-state index in [2.05, 4.69) is 15.9 Å². The molecule has 0 saturated carbocycles. The second kappa shape index (κ2) is 6.13. The molecule has 2 aromatic carbocycles. The molecule has 0 atom stereocenters. The van der Waals surface area contributed by atoms with E-state index in [0.29, 0.717) is 11.3 Å². The highest BCUT2D eigenvalue weighted by atomic mass is 79.9. The Labute approximate surface area is 123 Å². The average molecular weight is 341 g/mol.